The van der Waals surface area contributed by atoms with Gasteiger partial charge >= 0.3 is 12.0 Å². The SMILES string of the molecule is Cc1noc(C)c1CNC(=O)N1CCOCC1CC(=O)O. The second-order valence-electron chi connectivity index (χ2n) is 4.98. The van der Waals surface area contributed by atoms with Gasteiger partial charge < -0.3 is 24.6 Å². The second-order valence-corrected chi connectivity index (χ2v) is 4.98. The van der Waals surface area contributed by atoms with E-state index in [1.165, 1.54) is 4.90 Å². The Hall–Kier alpha value is -2.09. The number of urea groups is 1. The summed E-state index contributed by atoms with van der Waals surface area (Å²) >= 11 is 0. The normalized spacial score (nSPS) is 18.6. The van der Waals surface area contributed by atoms with E-state index in [4.69, 9.17) is 14.4 Å². The highest BCUT2D eigenvalue weighted by Crippen LogP contribution is 2.14. The van der Waals surface area contributed by atoms with Gasteiger partial charge in [0.1, 0.15) is 5.76 Å². The average Bonchev–Trinajstić information content (AvgIpc) is 2.75. The molecule has 1 atom stereocenters. The van der Waals surface area contributed by atoms with Crippen molar-refractivity contribution < 1.29 is 24.0 Å². The van der Waals surface area contributed by atoms with Gasteiger partial charge in [0, 0.05) is 18.7 Å². The van der Waals surface area contributed by atoms with Gasteiger partial charge in [-0.25, -0.2) is 4.79 Å². The quantitative estimate of drug-likeness (QED) is 0.846. The van der Waals surface area contributed by atoms with Crippen molar-refractivity contribution in [3.63, 3.8) is 0 Å². The lowest BCUT2D eigenvalue weighted by atomic mass is 10.1. The summed E-state index contributed by atoms with van der Waals surface area (Å²) in [5.74, 6) is -0.286. The fourth-order valence-corrected chi connectivity index (χ4v) is 2.31. The third-order valence-electron chi connectivity index (χ3n) is 3.50. The van der Waals surface area contributed by atoms with Gasteiger partial charge in [-0.3, -0.25) is 4.79 Å². The summed E-state index contributed by atoms with van der Waals surface area (Å²) in [5.41, 5.74) is 1.57. The van der Waals surface area contributed by atoms with Crippen LogP contribution in [0.25, 0.3) is 0 Å². The van der Waals surface area contributed by atoms with Crippen LogP contribution < -0.4 is 5.32 Å². The number of carbonyl (C=O) groups is 2. The molecule has 8 nitrogen and oxygen atoms in total. The molecule has 8 heteroatoms. The summed E-state index contributed by atoms with van der Waals surface area (Å²) in [7, 11) is 0. The van der Waals surface area contributed by atoms with Crippen LogP contribution in [0.4, 0.5) is 4.79 Å². The molecule has 1 aromatic heterocycles. The summed E-state index contributed by atoms with van der Waals surface area (Å²) in [6.45, 7) is 4.92. The number of amides is 2. The van der Waals surface area contributed by atoms with Crippen LogP contribution in [0.3, 0.4) is 0 Å². The van der Waals surface area contributed by atoms with Crippen LogP contribution in [0.2, 0.25) is 0 Å². The third kappa shape index (κ3) is 3.72. The Bertz CT molecular complexity index is 508. The number of carboxylic acid groups (broad SMARTS) is 1. The number of aliphatic carboxylic acids is 1. The molecule has 0 bridgehead atoms. The number of morpholine rings is 1. The van der Waals surface area contributed by atoms with Crippen LogP contribution >= 0.6 is 0 Å². The van der Waals surface area contributed by atoms with Crippen molar-refractivity contribution >= 4 is 12.0 Å². The van der Waals surface area contributed by atoms with Gasteiger partial charge in [0.05, 0.1) is 31.4 Å². The number of aryl methyl sites for hydroxylation is 2. The molecule has 1 aliphatic heterocycles. The highest BCUT2D eigenvalue weighted by Gasteiger charge is 2.29. The molecule has 1 saturated heterocycles. The largest absolute Gasteiger partial charge is 0.481 e. The van der Waals surface area contributed by atoms with Crippen molar-refractivity contribution in [3.8, 4) is 0 Å². The number of hydrogen-bond donors (Lipinski definition) is 2. The first-order chi connectivity index (χ1) is 9.99. The fraction of sp³-hybridized carbons (Fsp3) is 0.615. The Kier molecular flexibility index (Phi) is 4.79. The first kappa shape index (κ1) is 15.3. The Balaban J connectivity index is 1.96. The van der Waals surface area contributed by atoms with Crippen molar-refractivity contribution in [1.82, 2.24) is 15.4 Å². The highest BCUT2D eigenvalue weighted by atomic mass is 16.5. The van der Waals surface area contributed by atoms with Crippen LogP contribution in [0.5, 0.6) is 0 Å². The predicted octanol–water partition coefficient (Wildman–Crippen LogP) is 0.677. The third-order valence-corrected chi connectivity index (χ3v) is 3.50. The lowest BCUT2D eigenvalue weighted by Gasteiger charge is -2.34. The van der Waals surface area contributed by atoms with Crippen molar-refractivity contribution in [3.05, 3.63) is 17.0 Å². The maximum absolute atomic E-state index is 12.2. The second kappa shape index (κ2) is 6.57. The van der Waals surface area contributed by atoms with Gasteiger partial charge in [0.25, 0.3) is 0 Å². The van der Waals surface area contributed by atoms with Crippen molar-refractivity contribution in [2.75, 3.05) is 19.8 Å². The summed E-state index contributed by atoms with van der Waals surface area (Å²) in [6.07, 6.45) is -0.126. The minimum atomic E-state index is -0.950. The molecule has 1 fully saturated rings. The van der Waals surface area contributed by atoms with Gasteiger partial charge in [-0.05, 0) is 13.8 Å². The average molecular weight is 297 g/mol. The standard InChI is InChI=1S/C13H19N3O5/c1-8-11(9(2)21-15-8)6-14-13(19)16-3-4-20-7-10(16)5-12(17)18/h10H,3-7H2,1-2H3,(H,14,19)(H,17,18). The van der Waals surface area contributed by atoms with Crippen molar-refractivity contribution in [2.45, 2.75) is 32.9 Å². The molecule has 0 aliphatic carbocycles. The van der Waals surface area contributed by atoms with Gasteiger partial charge in [-0.15, -0.1) is 0 Å². The molecule has 21 heavy (non-hydrogen) atoms. The molecule has 1 aromatic rings. The molecule has 0 aromatic carbocycles. The zero-order valence-corrected chi connectivity index (χ0v) is 12.1. The fourth-order valence-electron chi connectivity index (χ4n) is 2.31. The predicted molar refractivity (Wildman–Crippen MR) is 71.8 cm³/mol. The van der Waals surface area contributed by atoms with Gasteiger partial charge in [-0.1, -0.05) is 5.16 Å². The number of hydrogen-bond acceptors (Lipinski definition) is 5. The zero-order chi connectivity index (χ0) is 15.4. The van der Waals surface area contributed by atoms with E-state index in [1.807, 2.05) is 0 Å². The minimum Gasteiger partial charge on any atom is -0.481 e. The van der Waals surface area contributed by atoms with E-state index in [0.717, 1.165) is 11.3 Å². The molecule has 2 heterocycles. The zero-order valence-electron chi connectivity index (χ0n) is 12.1. The maximum Gasteiger partial charge on any atom is 0.318 e. The van der Waals surface area contributed by atoms with E-state index in [1.54, 1.807) is 13.8 Å². The molecular formula is C13H19N3O5. The van der Waals surface area contributed by atoms with Gasteiger partial charge in [0.2, 0.25) is 0 Å². The molecular weight excluding hydrogens is 278 g/mol. The lowest BCUT2D eigenvalue weighted by molar-refractivity contribution is -0.139. The Morgan fingerprint density at radius 3 is 2.86 bits per heavy atom. The van der Waals surface area contributed by atoms with E-state index < -0.39 is 12.0 Å². The molecule has 116 valence electrons. The van der Waals surface area contributed by atoms with Gasteiger partial charge in [0.15, 0.2) is 0 Å². The number of rotatable bonds is 4. The van der Waals surface area contributed by atoms with Crippen molar-refractivity contribution in [2.24, 2.45) is 0 Å². The number of carbonyl (C=O) groups excluding carboxylic acids is 1. The summed E-state index contributed by atoms with van der Waals surface area (Å²) < 4.78 is 10.3. The van der Waals surface area contributed by atoms with E-state index in [0.29, 0.717) is 25.5 Å². The van der Waals surface area contributed by atoms with Crippen molar-refractivity contribution in [1.29, 1.82) is 0 Å². The summed E-state index contributed by atoms with van der Waals surface area (Å²) in [4.78, 5) is 24.6. The number of carboxylic acids is 1. The van der Waals surface area contributed by atoms with Crippen LogP contribution in [0.1, 0.15) is 23.4 Å². The van der Waals surface area contributed by atoms with Gasteiger partial charge in [-0.2, -0.15) is 0 Å². The summed E-state index contributed by atoms with van der Waals surface area (Å²) in [5, 5.41) is 15.5. The lowest BCUT2D eigenvalue weighted by Crippen LogP contribution is -2.53. The maximum atomic E-state index is 12.2. The van der Waals surface area contributed by atoms with Crippen LogP contribution in [0.15, 0.2) is 4.52 Å². The summed E-state index contributed by atoms with van der Waals surface area (Å²) in [6, 6.07) is -0.745. The Labute approximate surface area is 122 Å². The van der Waals surface area contributed by atoms with Crippen LogP contribution in [-0.2, 0) is 16.1 Å². The Morgan fingerprint density at radius 2 is 2.24 bits per heavy atom. The number of nitrogens with zero attached hydrogens (tertiary/aromatic N) is 2. The highest BCUT2D eigenvalue weighted by molar-refractivity contribution is 5.76. The molecule has 2 amide bonds. The first-order valence-electron chi connectivity index (χ1n) is 6.74. The van der Waals surface area contributed by atoms with E-state index in [-0.39, 0.29) is 19.1 Å². The Morgan fingerprint density at radius 1 is 1.48 bits per heavy atom. The van der Waals surface area contributed by atoms with E-state index in [9.17, 15) is 9.59 Å². The number of ether oxygens (including phenoxy) is 1. The van der Waals surface area contributed by atoms with E-state index in [2.05, 4.69) is 10.5 Å². The van der Waals surface area contributed by atoms with E-state index >= 15 is 0 Å². The molecule has 2 N–H and O–H groups in total. The molecule has 0 saturated carbocycles. The first-order valence-corrected chi connectivity index (χ1v) is 6.74. The molecule has 0 radical (unpaired) electrons. The molecule has 1 unspecified atom stereocenters. The molecule has 2 rings (SSSR count). The van der Waals surface area contributed by atoms with Crippen LogP contribution in [0, 0.1) is 13.8 Å². The minimum absolute atomic E-state index is 0.126. The number of nitrogens with one attached hydrogen (secondary N) is 1. The topological polar surface area (TPSA) is 105 Å². The monoisotopic (exact) mass is 297 g/mol. The molecule has 0 spiro atoms. The molecule has 1 aliphatic rings. The smallest absolute Gasteiger partial charge is 0.318 e. The number of aromatic nitrogens is 1. The van der Waals surface area contributed by atoms with Crippen LogP contribution in [-0.4, -0.2) is 53.0 Å².